The van der Waals surface area contributed by atoms with Crippen molar-refractivity contribution in [1.82, 2.24) is 9.80 Å². The van der Waals surface area contributed by atoms with Gasteiger partial charge in [-0.05, 0) is 48.2 Å². The van der Waals surface area contributed by atoms with E-state index in [0.29, 0.717) is 16.5 Å². The third kappa shape index (κ3) is 5.87. The van der Waals surface area contributed by atoms with Crippen molar-refractivity contribution < 1.29 is 9.53 Å². The number of hydrogen-bond donors (Lipinski definition) is 0. The van der Waals surface area contributed by atoms with Crippen LogP contribution in [0.4, 0.5) is 0 Å². The van der Waals surface area contributed by atoms with Crippen LogP contribution in [-0.4, -0.2) is 49.0 Å². The maximum atomic E-state index is 12.7. The number of ether oxygens (including phenoxy) is 1. The molecule has 0 unspecified atom stereocenters. The van der Waals surface area contributed by atoms with Crippen LogP contribution in [0.15, 0.2) is 42.5 Å². The number of amides is 1. The molecule has 0 aromatic heterocycles. The molecule has 4 nitrogen and oxygen atoms in total. The van der Waals surface area contributed by atoms with Gasteiger partial charge in [-0.1, -0.05) is 41.4 Å². The van der Waals surface area contributed by atoms with E-state index in [-0.39, 0.29) is 5.91 Å². The van der Waals surface area contributed by atoms with Gasteiger partial charge < -0.3 is 9.64 Å². The Bertz CT molecular complexity index is 796. The summed E-state index contributed by atoms with van der Waals surface area (Å²) in [6, 6.07) is 13.5. The van der Waals surface area contributed by atoms with E-state index in [1.165, 1.54) is 0 Å². The van der Waals surface area contributed by atoms with Crippen LogP contribution in [-0.2, 0) is 17.8 Å². The zero-order chi connectivity index (χ0) is 19.9. The Morgan fingerprint density at radius 2 is 1.82 bits per heavy atom. The number of methoxy groups -OCH3 is 1. The van der Waals surface area contributed by atoms with Crippen molar-refractivity contribution in [3.63, 3.8) is 0 Å². The number of nitrogens with zero attached hydrogens (tertiary/aromatic N) is 2. The first-order valence-corrected chi connectivity index (χ1v) is 10.4. The van der Waals surface area contributed by atoms with Crippen LogP contribution in [0.1, 0.15) is 24.0 Å². The molecule has 0 N–H and O–H groups in total. The molecule has 2 aromatic rings. The molecule has 1 heterocycles. The largest absolute Gasteiger partial charge is 0.497 e. The number of hydrogen-bond acceptors (Lipinski definition) is 3. The number of aryl methyl sites for hydroxylation is 1. The molecule has 1 aliphatic heterocycles. The first-order valence-electron chi connectivity index (χ1n) is 9.62. The molecule has 0 spiro atoms. The Morgan fingerprint density at radius 1 is 1.04 bits per heavy atom. The number of halogens is 2. The fourth-order valence-electron chi connectivity index (χ4n) is 3.47. The molecule has 0 radical (unpaired) electrons. The lowest BCUT2D eigenvalue weighted by Gasteiger charge is -2.22. The smallest absolute Gasteiger partial charge is 0.222 e. The van der Waals surface area contributed by atoms with Crippen molar-refractivity contribution in [1.29, 1.82) is 0 Å². The van der Waals surface area contributed by atoms with Gasteiger partial charge >= 0.3 is 0 Å². The normalized spacial score (nSPS) is 15.3. The third-order valence-corrected chi connectivity index (χ3v) is 5.72. The van der Waals surface area contributed by atoms with Crippen LogP contribution >= 0.6 is 23.2 Å². The molecule has 3 rings (SSSR count). The average Bonchev–Trinajstić information content (AvgIpc) is 2.94. The van der Waals surface area contributed by atoms with Gasteiger partial charge in [0.25, 0.3) is 0 Å². The summed E-state index contributed by atoms with van der Waals surface area (Å²) in [6.45, 7) is 4.16. The number of carbonyl (C=O) groups is 1. The van der Waals surface area contributed by atoms with Gasteiger partial charge in [0.15, 0.2) is 0 Å². The lowest BCUT2D eigenvalue weighted by atomic mass is 10.1. The van der Waals surface area contributed by atoms with Crippen molar-refractivity contribution in [3.8, 4) is 5.75 Å². The predicted molar refractivity (Wildman–Crippen MR) is 114 cm³/mol. The van der Waals surface area contributed by atoms with E-state index in [4.69, 9.17) is 27.9 Å². The third-order valence-electron chi connectivity index (χ3n) is 5.14. The quantitative estimate of drug-likeness (QED) is 0.680. The summed E-state index contributed by atoms with van der Waals surface area (Å²) >= 11 is 12.3. The molecule has 2 aromatic carbocycles. The summed E-state index contributed by atoms with van der Waals surface area (Å²) in [5, 5.41) is 1.35. The molecule has 1 fully saturated rings. The fourth-order valence-corrected chi connectivity index (χ4v) is 3.94. The minimum atomic E-state index is 0.224. The van der Waals surface area contributed by atoms with E-state index in [2.05, 4.69) is 4.90 Å². The monoisotopic (exact) mass is 420 g/mol. The van der Waals surface area contributed by atoms with E-state index in [1.54, 1.807) is 13.2 Å². The summed E-state index contributed by atoms with van der Waals surface area (Å²) in [7, 11) is 1.65. The Hall–Kier alpha value is -1.75. The van der Waals surface area contributed by atoms with Crippen LogP contribution in [0.3, 0.4) is 0 Å². The minimum Gasteiger partial charge on any atom is -0.497 e. The van der Waals surface area contributed by atoms with Crippen LogP contribution in [0.2, 0.25) is 10.0 Å². The fraction of sp³-hybridized carbons (Fsp3) is 0.409. The van der Waals surface area contributed by atoms with Gasteiger partial charge in [0.05, 0.1) is 7.11 Å². The van der Waals surface area contributed by atoms with Gasteiger partial charge in [-0.2, -0.15) is 0 Å². The number of rotatable bonds is 6. The second kappa shape index (κ2) is 10.1. The zero-order valence-corrected chi connectivity index (χ0v) is 17.7. The predicted octanol–water partition coefficient (Wildman–Crippen LogP) is 4.67. The highest BCUT2D eigenvalue weighted by Crippen LogP contribution is 2.23. The maximum absolute atomic E-state index is 12.7. The van der Waals surface area contributed by atoms with E-state index in [1.807, 2.05) is 41.3 Å². The summed E-state index contributed by atoms with van der Waals surface area (Å²) in [5.74, 6) is 1.06. The molecule has 1 amide bonds. The lowest BCUT2D eigenvalue weighted by molar-refractivity contribution is -0.131. The minimum absolute atomic E-state index is 0.224. The van der Waals surface area contributed by atoms with Crippen molar-refractivity contribution in [2.75, 3.05) is 33.3 Å². The second-order valence-corrected chi connectivity index (χ2v) is 7.94. The van der Waals surface area contributed by atoms with Gasteiger partial charge in [-0.25, -0.2) is 0 Å². The van der Waals surface area contributed by atoms with Gasteiger partial charge in [-0.15, -0.1) is 0 Å². The van der Waals surface area contributed by atoms with Crippen LogP contribution < -0.4 is 4.74 Å². The van der Waals surface area contributed by atoms with Gasteiger partial charge in [0, 0.05) is 49.2 Å². The zero-order valence-electron chi connectivity index (χ0n) is 16.2. The van der Waals surface area contributed by atoms with Crippen molar-refractivity contribution >= 4 is 29.1 Å². The number of carbonyl (C=O) groups excluding carboxylic acids is 1. The highest BCUT2D eigenvalue weighted by atomic mass is 35.5. The molecular formula is C22H26Cl2N2O2. The molecular weight excluding hydrogens is 395 g/mol. The Morgan fingerprint density at radius 3 is 2.54 bits per heavy atom. The van der Waals surface area contributed by atoms with E-state index < -0.39 is 0 Å². The summed E-state index contributed by atoms with van der Waals surface area (Å²) in [4.78, 5) is 17.0. The maximum Gasteiger partial charge on any atom is 0.222 e. The average molecular weight is 421 g/mol. The standard InChI is InChI=1S/C22H26Cl2N2O2/c1-28-20-8-3-17(4-9-20)5-10-22(27)26-12-2-11-25(13-14-26)16-18-6-7-19(23)15-21(18)24/h3-4,6-9,15H,2,5,10-14,16H2,1H3. The molecule has 0 atom stereocenters. The van der Waals surface area contributed by atoms with Crippen LogP contribution in [0, 0.1) is 0 Å². The second-order valence-electron chi connectivity index (χ2n) is 7.09. The van der Waals surface area contributed by atoms with Crippen LogP contribution in [0.25, 0.3) is 0 Å². The molecule has 1 saturated heterocycles. The highest BCUT2D eigenvalue weighted by Gasteiger charge is 2.19. The van der Waals surface area contributed by atoms with Crippen molar-refractivity contribution in [3.05, 3.63) is 63.6 Å². The SMILES string of the molecule is COc1ccc(CCC(=O)N2CCCN(Cc3ccc(Cl)cc3Cl)CC2)cc1. The van der Waals surface area contributed by atoms with Crippen molar-refractivity contribution in [2.24, 2.45) is 0 Å². The van der Waals surface area contributed by atoms with E-state index in [9.17, 15) is 4.79 Å². The Kier molecular flexibility index (Phi) is 7.60. The number of benzene rings is 2. The van der Waals surface area contributed by atoms with Gasteiger partial charge in [0.1, 0.15) is 5.75 Å². The Labute approximate surface area is 177 Å². The molecule has 150 valence electrons. The molecule has 28 heavy (non-hydrogen) atoms. The van der Waals surface area contributed by atoms with Gasteiger partial charge in [-0.3, -0.25) is 9.69 Å². The summed E-state index contributed by atoms with van der Waals surface area (Å²) < 4.78 is 5.17. The topological polar surface area (TPSA) is 32.8 Å². The first-order chi connectivity index (χ1) is 13.5. The first kappa shape index (κ1) is 21.0. The van der Waals surface area contributed by atoms with E-state index >= 15 is 0 Å². The van der Waals surface area contributed by atoms with Crippen LogP contribution in [0.5, 0.6) is 5.75 Å². The molecule has 0 bridgehead atoms. The Balaban J connectivity index is 1.49. The lowest BCUT2D eigenvalue weighted by Crippen LogP contribution is -2.35. The van der Waals surface area contributed by atoms with E-state index in [0.717, 1.165) is 62.4 Å². The summed E-state index contributed by atoms with van der Waals surface area (Å²) in [5.41, 5.74) is 2.23. The molecule has 0 aliphatic carbocycles. The molecule has 0 saturated carbocycles. The van der Waals surface area contributed by atoms with Crippen molar-refractivity contribution in [2.45, 2.75) is 25.8 Å². The molecule has 6 heteroatoms. The highest BCUT2D eigenvalue weighted by molar-refractivity contribution is 6.35. The molecule has 1 aliphatic rings. The van der Waals surface area contributed by atoms with Gasteiger partial charge in [0.2, 0.25) is 5.91 Å². The summed E-state index contributed by atoms with van der Waals surface area (Å²) in [6.07, 6.45) is 2.26.